The second-order valence-corrected chi connectivity index (χ2v) is 6.28. The zero-order chi connectivity index (χ0) is 16.1. The first kappa shape index (κ1) is 16.9. The van der Waals surface area contributed by atoms with Gasteiger partial charge in [-0.1, -0.05) is 17.7 Å². The Kier molecular flexibility index (Phi) is 5.91. The van der Waals surface area contributed by atoms with E-state index in [-0.39, 0.29) is 6.03 Å². The number of piperidine rings is 1. The molecule has 22 heavy (non-hydrogen) atoms. The van der Waals surface area contributed by atoms with E-state index in [0.29, 0.717) is 17.5 Å². The van der Waals surface area contributed by atoms with Crippen molar-refractivity contribution in [2.24, 2.45) is 5.92 Å². The van der Waals surface area contributed by atoms with Gasteiger partial charge in [-0.15, -0.1) is 0 Å². The molecule has 1 aliphatic heterocycles. The van der Waals surface area contributed by atoms with E-state index in [2.05, 4.69) is 5.32 Å². The van der Waals surface area contributed by atoms with E-state index in [0.717, 1.165) is 37.3 Å². The Hall–Kier alpha value is -1.46. The summed E-state index contributed by atoms with van der Waals surface area (Å²) in [5.41, 5.74) is 1.55. The number of nitrogens with one attached hydrogen (secondary N) is 1. The number of halogens is 1. The third kappa shape index (κ3) is 4.05. The summed E-state index contributed by atoms with van der Waals surface area (Å²) in [4.78, 5) is 16.3. The minimum absolute atomic E-state index is 0.0776. The van der Waals surface area contributed by atoms with Gasteiger partial charge in [0.2, 0.25) is 0 Å². The van der Waals surface area contributed by atoms with Crippen LogP contribution >= 0.6 is 11.6 Å². The highest BCUT2D eigenvalue weighted by molar-refractivity contribution is 6.34. The predicted molar refractivity (Wildman–Crippen MR) is 91.0 cm³/mol. The van der Waals surface area contributed by atoms with Crippen molar-refractivity contribution >= 4 is 29.0 Å². The minimum Gasteiger partial charge on any atom is -0.384 e. The van der Waals surface area contributed by atoms with E-state index >= 15 is 0 Å². The molecule has 0 radical (unpaired) electrons. The number of carbonyl (C=O) groups excluding carboxylic acids is 1. The van der Waals surface area contributed by atoms with Crippen molar-refractivity contribution in [1.29, 1.82) is 0 Å². The molecule has 1 aliphatic rings. The van der Waals surface area contributed by atoms with Crippen LogP contribution in [0.2, 0.25) is 5.02 Å². The molecule has 0 aliphatic carbocycles. The van der Waals surface area contributed by atoms with Crippen molar-refractivity contribution in [2.75, 3.05) is 51.1 Å². The van der Waals surface area contributed by atoms with Gasteiger partial charge in [0.15, 0.2) is 0 Å². The van der Waals surface area contributed by atoms with E-state index in [9.17, 15) is 4.79 Å². The first-order valence-electron chi connectivity index (χ1n) is 7.53. The Morgan fingerprint density at radius 3 is 2.95 bits per heavy atom. The van der Waals surface area contributed by atoms with Gasteiger partial charge >= 0.3 is 6.03 Å². The van der Waals surface area contributed by atoms with Gasteiger partial charge in [0, 0.05) is 40.2 Å². The second kappa shape index (κ2) is 7.70. The van der Waals surface area contributed by atoms with E-state index in [1.165, 1.54) is 0 Å². The number of carbonyl (C=O) groups is 1. The third-order valence-corrected chi connectivity index (χ3v) is 4.19. The van der Waals surface area contributed by atoms with Crippen LogP contribution in [0.5, 0.6) is 0 Å². The molecule has 6 heteroatoms. The van der Waals surface area contributed by atoms with Gasteiger partial charge in [-0.25, -0.2) is 4.79 Å². The molecule has 1 saturated heterocycles. The van der Waals surface area contributed by atoms with Gasteiger partial charge in [0.25, 0.3) is 0 Å². The highest BCUT2D eigenvalue weighted by Crippen LogP contribution is 2.32. The SMILES string of the molecule is COCC1CCCN(C(=O)Nc2cccc(Cl)c2N(C)C)C1. The molecule has 1 atom stereocenters. The van der Waals surface area contributed by atoms with Crippen molar-refractivity contribution in [3.05, 3.63) is 23.2 Å². The fraction of sp³-hybridized carbons (Fsp3) is 0.562. The second-order valence-electron chi connectivity index (χ2n) is 5.87. The largest absolute Gasteiger partial charge is 0.384 e. The summed E-state index contributed by atoms with van der Waals surface area (Å²) in [6, 6.07) is 5.46. The van der Waals surface area contributed by atoms with Gasteiger partial charge in [0.1, 0.15) is 0 Å². The van der Waals surface area contributed by atoms with Gasteiger partial charge in [0.05, 0.1) is 23.0 Å². The molecule has 0 saturated carbocycles. The average Bonchev–Trinajstić information content (AvgIpc) is 2.47. The maximum atomic E-state index is 12.5. The number of nitrogens with zero attached hydrogens (tertiary/aromatic N) is 2. The van der Waals surface area contributed by atoms with Crippen LogP contribution in [0.25, 0.3) is 0 Å². The van der Waals surface area contributed by atoms with Gasteiger partial charge in [-0.2, -0.15) is 0 Å². The number of amides is 2. The number of anilines is 2. The van der Waals surface area contributed by atoms with Crippen LogP contribution in [-0.2, 0) is 4.74 Å². The van der Waals surface area contributed by atoms with E-state index in [4.69, 9.17) is 16.3 Å². The summed E-state index contributed by atoms with van der Waals surface area (Å²) in [6.45, 7) is 2.21. The number of para-hydroxylation sites is 1. The van der Waals surface area contributed by atoms with Crippen LogP contribution in [-0.4, -0.2) is 51.8 Å². The van der Waals surface area contributed by atoms with Crippen LogP contribution < -0.4 is 10.2 Å². The lowest BCUT2D eigenvalue weighted by Crippen LogP contribution is -2.43. The first-order valence-corrected chi connectivity index (χ1v) is 7.91. The van der Waals surface area contributed by atoms with Crippen molar-refractivity contribution in [1.82, 2.24) is 4.90 Å². The predicted octanol–water partition coefficient (Wildman–Crippen LogP) is 3.30. The third-order valence-electron chi connectivity index (χ3n) is 3.88. The molecule has 0 aromatic heterocycles. The number of likely N-dealkylation sites (tertiary alicyclic amines) is 1. The van der Waals surface area contributed by atoms with Gasteiger partial charge in [-0.05, 0) is 25.0 Å². The van der Waals surface area contributed by atoms with Crippen LogP contribution in [0, 0.1) is 5.92 Å². The lowest BCUT2D eigenvalue weighted by Gasteiger charge is -2.32. The molecule has 0 spiro atoms. The highest BCUT2D eigenvalue weighted by Gasteiger charge is 2.24. The van der Waals surface area contributed by atoms with E-state index < -0.39 is 0 Å². The molecule has 1 fully saturated rings. The van der Waals surface area contributed by atoms with Crippen molar-refractivity contribution in [2.45, 2.75) is 12.8 Å². The molecular formula is C16H24ClN3O2. The number of ether oxygens (including phenoxy) is 1. The molecule has 122 valence electrons. The van der Waals surface area contributed by atoms with Crippen LogP contribution in [0.1, 0.15) is 12.8 Å². The maximum Gasteiger partial charge on any atom is 0.321 e. The number of hydrogen-bond donors (Lipinski definition) is 1. The summed E-state index contributed by atoms with van der Waals surface area (Å²) >= 11 is 6.23. The summed E-state index contributed by atoms with van der Waals surface area (Å²) in [5, 5.41) is 3.61. The molecule has 1 unspecified atom stereocenters. The molecule has 2 amide bonds. The fourth-order valence-corrected chi connectivity index (χ4v) is 3.23. The zero-order valence-corrected chi connectivity index (χ0v) is 14.2. The normalized spacial score (nSPS) is 18.2. The van der Waals surface area contributed by atoms with Gasteiger partial charge in [-0.3, -0.25) is 0 Å². The maximum absolute atomic E-state index is 12.5. The van der Waals surface area contributed by atoms with Crippen molar-refractivity contribution in [3.63, 3.8) is 0 Å². The average molecular weight is 326 g/mol. The Morgan fingerprint density at radius 2 is 2.27 bits per heavy atom. The summed E-state index contributed by atoms with van der Waals surface area (Å²) in [7, 11) is 5.52. The number of urea groups is 1. The highest BCUT2D eigenvalue weighted by atomic mass is 35.5. The Balaban J connectivity index is 2.07. The fourth-order valence-electron chi connectivity index (χ4n) is 2.89. The number of hydrogen-bond acceptors (Lipinski definition) is 3. The number of benzene rings is 1. The van der Waals surface area contributed by atoms with Crippen LogP contribution in [0.4, 0.5) is 16.2 Å². The first-order chi connectivity index (χ1) is 10.5. The Morgan fingerprint density at radius 1 is 1.50 bits per heavy atom. The van der Waals surface area contributed by atoms with Crippen LogP contribution in [0.3, 0.4) is 0 Å². The summed E-state index contributed by atoms with van der Waals surface area (Å²) in [5.74, 6) is 0.414. The molecule has 1 heterocycles. The van der Waals surface area contributed by atoms with Gasteiger partial charge < -0.3 is 19.9 Å². The van der Waals surface area contributed by atoms with Crippen molar-refractivity contribution in [3.8, 4) is 0 Å². The monoisotopic (exact) mass is 325 g/mol. The minimum atomic E-state index is -0.0776. The molecule has 2 rings (SSSR count). The number of rotatable bonds is 4. The molecule has 5 nitrogen and oxygen atoms in total. The topological polar surface area (TPSA) is 44.8 Å². The summed E-state index contributed by atoms with van der Waals surface area (Å²) < 4.78 is 5.21. The molecule has 0 bridgehead atoms. The summed E-state index contributed by atoms with van der Waals surface area (Å²) in [6.07, 6.45) is 2.12. The smallest absolute Gasteiger partial charge is 0.321 e. The Bertz CT molecular complexity index is 520. The quantitative estimate of drug-likeness (QED) is 0.923. The lowest BCUT2D eigenvalue weighted by atomic mass is 9.99. The van der Waals surface area contributed by atoms with Crippen LogP contribution in [0.15, 0.2) is 18.2 Å². The number of methoxy groups -OCH3 is 1. The molecule has 1 N–H and O–H groups in total. The van der Waals surface area contributed by atoms with Crippen molar-refractivity contribution < 1.29 is 9.53 Å². The standard InChI is InChI=1S/C16H24ClN3O2/c1-19(2)15-13(17)7-4-8-14(15)18-16(21)20-9-5-6-12(10-20)11-22-3/h4,7-8,12H,5-6,9-11H2,1-3H3,(H,18,21). The van der Waals surface area contributed by atoms with E-state index in [1.54, 1.807) is 7.11 Å². The van der Waals surface area contributed by atoms with E-state index in [1.807, 2.05) is 42.1 Å². The molecule has 1 aromatic carbocycles. The zero-order valence-electron chi connectivity index (χ0n) is 13.4. The molecular weight excluding hydrogens is 302 g/mol. The molecule has 1 aromatic rings. The Labute approximate surface area is 137 Å². The lowest BCUT2D eigenvalue weighted by molar-refractivity contribution is 0.104.